The minimum Gasteiger partial charge on any atom is -0.368 e. The third-order valence-electron chi connectivity index (χ3n) is 4.37. The summed E-state index contributed by atoms with van der Waals surface area (Å²) in [7, 11) is 0. The molecular weight excluding hydrogens is 420 g/mol. The maximum Gasteiger partial charge on any atom is 0.330 e. The summed E-state index contributed by atoms with van der Waals surface area (Å²) in [5.41, 5.74) is 3.36. The van der Waals surface area contributed by atoms with Crippen molar-refractivity contribution < 1.29 is 13.6 Å². The largest absolute Gasteiger partial charge is 0.368 e. The first-order valence-corrected chi connectivity index (χ1v) is 8.89. The number of halogens is 3. The number of aromatic amines is 1. The van der Waals surface area contributed by atoms with Crippen LogP contribution in [-0.2, 0) is 11.3 Å². The number of nitrogens with zero attached hydrogens (tertiary/aromatic N) is 3. The van der Waals surface area contributed by atoms with E-state index < -0.39 is 35.3 Å². The molecule has 0 bridgehead atoms. The Morgan fingerprint density at radius 1 is 1.13 bits per heavy atom. The molecule has 11 heteroatoms. The van der Waals surface area contributed by atoms with E-state index in [9.17, 15) is 23.2 Å². The van der Waals surface area contributed by atoms with Gasteiger partial charge < -0.3 is 5.73 Å². The molecule has 0 aliphatic heterocycles. The molecule has 4 rings (SSSR count). The fourth-order valence-corrected chi connectivity index (χ4v) is 3.21. The fourth-order valence-electron chi connectivity index (χ4n) is 3.09. The summed E-state index contributed by atoms with van der Waals surface area (Å²) in [5, 5.41) is 0.414. The smallest absolute Gasteiger partial charge is 0.330 e. The Balaban J connectivity index is 2.14. The van der Waals surface area contributed by atoms with Crippen LogP contribution in [0.15, 0.2) is 52.1 Å². The van der Waals surface area contributed by atoms with E-state index in [1.807, 2.05) is 0 Å². The van der Waals surface area contributed by atoms with Crippen molar-refractivity contribution in [3.05, 3.63) is 80.0 Å². The lowest BCUT2D eigenvalue weighted by atomic mass is 10.2. The molecule has 8 nitrogen and oxygen atoms in total. The molecular formula is C19H12ClF2N5O3. The highest BCUT2D eigenvalue weighted by Crippen LogP contribution is 2.29. The molecule has 0 saturated heterocycles. The van der Waals surface area contributed by atoms with Gasteiger partial charge in [-0.2, -0.15) is 0 Å². The van der Waals surface area contributed by atoms with Crippen molar-refractivity contribution in [3.8, 4) is 17.1 Å². The standard InChI is InChI=1S/C19H12ClF2N5O3/c20-9-1-4-11(5-2-9)27-15-16(25-19(30)26(18(15)29)8-14(23)28)24-17(27)12-6-3-10(21)7-13(12)22/h1-7H,8H2,(H2,23,28)(H,25,30). The van der Waals surface area contributed by atoms with Crippen LogP contribution >= 0.6 is 11.6 Å². The minimum atomic E-state index is -0.916. The molecule has 3 N–H and O–H groups in total. The molecule has 1 amide bonds. The Labute approximate surface area is 171 Å². The van der Waals surface area contributed by atoms with Gasteiger partial charge in [0.25, 0.3) is 5.56 Å². The molecule has 2 aromatic heterocycles. The summed E-state index contributed by atoms with van der Waals surface area (Å²) in [6, 6.07) is 9.07. The van der Waals surface area contributed by atoms with Gasteiger partial charge in [-0.15, -0.1) is 0 Å². The average molecular weight is 432 g/mol. The molecule has 30 heavy (non-hydrogen) atoms. The van der Waals surface area contributed by atoms with Crippen LogP contribution in [0.5, 0.6) is 0 Å². The predicted octanol–water partition coefficient (Wildman–Crippen LogP) is 1.96. The van der Waals surface area contributed by atoms with Crippen molar-refractivity contribution in [1.29, 1.82) is 0 Å². The number of imidazole rings is 1. The van der Waals surface area contributed by atoms with Crippen LogP contribution in [0.4, 0.5) is 8.78 Å². The summed E-state index contributed by atoms with van der Waals surface area (Å²) < 4.78 is 29.8. The van der Waals surface area contributed by atoms with E-state index in [0.717, 1.165) is 6.07 Å². The second-order valence-electron chi connectivity index (χ2n) is 6.36. The van der Waals surface area contributed by atoms with E-state index in [2.05, 4.69) is 9.97 Å². The van der Waals surface area contributed by atoms with Crippen LogP contribution in [0.25, 0.3) is 28.2 Å². The molecule has 0 aliphatic rings. The van der Waals surface area contributed by atoms with Gasteiger partial charge >= 0.3 is 5.69 Å². The van der Waals surface area contributed by atoms with Crippen molar-refractivity contribution in [2.75, 3.05) is 0 Å². The van der Waals surface area contributed by atoms with Crippen molar-refractivity contribution >= 4 is 28.7 Å². The first-order chi connectivity index (χ1) is 14.3. The molecule has 2 aromatic carbocycles. The third-order valence-corrected chi connectivity index (χ3v) is 4.62. The number of rotatable bonds is 4. The van der Waals surface area contributed by atoms with Gasteiger partial charge in [-0.1, -0.05) is 11.6 Å². The molecule has 0 spiro atoms. The Morgan fingerprint density at radius 3 is 2.47 bits per heavy atom. The second-order valence-corrected chi connectivity index (χ2v) is 6.79. The van der Waals surface area contributed by atoms with Gasteiger partial charge in [0.2, 0.25) is 5.91 Å². The van der Waals surface area contributed by atoms with Crippen LogP contribution in [0.2, 0.25) is 5.02 Å². The monoisotopic (exact) mass is 431 g/mol. The van der Waals surface area contributed by atoms with Gasteiger partial charge in [-0.3, -0.25) is 19.1 Å². The molecule has 2 heterocycles. The molecule has 0 fully saturated rings. The van der Waals surface area contributed by atoms with Gasteiger partial charge in [0.1, 0.15) is 18.2 Å². The van der Waals surface area contributed by atoms with E-state index >= 15 is 0 Å². The topological polar surface area (TPSA) is 116 Å². The SMILES string of the molecule is NC(=O)Cn1c(=O)[nH]c2nc(-c3ccc(F)cc3F)n(-c3ccc(Cl)cc3)c2c1=O. The van der Waals surface area contributed by atoms with Crippen molar-refractivity contribution in [2.24, 2.45) is 5.73 Å². The summed E-state index contributed by atoms with van der Waals surface area (Å²) in [6.07, 6.45) is 0. The fraction of sp³-hybridized carbons (Fsp3) is 0.0526. The normalized spacial score (nSPS) is 11.2. The van der Waals surface area contributed by atoms with Crippen LogP contribution in [0, 0.1) is 11.6 Å². The highest BCUT2D eigenvalue weighted by molar-refractivity contribution is 6.30. The van der Waals surface area contributed by atoms with Crippen LogP contribution < -0.4 is 17.0 Å². The number of hydrogen-bond donors (Lipinski definition) is 2. The van der Waals surface area contributed by atoms with Gasteiger partial charge in [-0.05, 0) is 36.4 Å². The zero-order valence-corrected chi connectivity index (χ0v) is 15.8. The third kappa shape index (κ3) is 3.26. The van der Waals surface area contributed by atoms with E-state index in [-0.39, 0.29) is 22.6 Å². The summed E-state index contributed by atoms with van der Waals surface area (Å²) in [4.78, 5) is 43.2. The number of amides is 1. The van der Waals surface area contributed by atoms with E-state index in [0.29, 0.717) is 21.3 Å². The number of nitrogens with one attached hydrogen (secondary N) is 1. The van der Waals surface area contributed by atoms with Gasteiger partial charge in [0, 0.05) is 16.8 Å². The summed E-state index contributed by atoms with van der Waals surface area (Å²) >= 11 is 5.93. The number of benzene rings is 2. The molecule has 152 valence electrons. The Kier molecular flexibility index (Phi) is 4.70. The number of nitrogens with two attached hydrogens (primary N) is 1. The maximum atomic E-state index is 14.5. The Morgan fingerprint density at radius 2 is 1.83 bits per heavy atom. The molecule has 0 aliphatic carbocycles. The minimum absolute atomic E-state index is 0.0607. The van der Waals surface area contributed by atoms with E-state index in [4.69, 9.17) is 17.3 Å². The van der Waals surface area contributed by atoms with Crippen LogP contribution in [0.1, 0.15) is 0 Å². The number of hydrogen-bond acceptors (Lipinski definition) is 4. The number of carbonyl (C=O) groups is 1. The van der Waals surface area contributed by atoms with Crippen molar-refractivity contribution in [2.45, 2.75) is 6.54 Å². The number of carbonyl (C=O) groups excluding carboxylic acids is 1. The lowest BCUT2D eigenvalue weighted by molar-refractivity contribution is -0.118. The molecule has 0 saturated carbocycles. The summed E-state index contributed by atoms with van der Waals surface area (Å²) in [6.45, 7) is -0.657. The van der Waals surface area contributed by atoms with Crippen LogP contribution in [0.3, 0.4) is 0 Å². The maximum absolute atomic E-state index is 14.5. The lowest BCUT2D eigenvalue weighted by Gasteiger charge is -2.10. The molecule has 0 unspecified atom stereocenters. The van der Waals surface area contributed by atoms with Crippen molar-refractivity contribution in [1.82, 2.24) is 19.1 Å². The van der Waals surface area contributed by atoms with Gasteiger partial charge in [0.15, 0.2) is 17.0 Å². The van der Waals surface area contributed by atoms with E-state index in [1.54, 1.807) is 24.3 Å². The molecule has 0 radical (unpaired) electrons. The second kappa shape index (κ2) is 7.23. The average Bonchev–Trinajstić information content (AvgIpc) is 3.04. The number of H-pyrrole nitrogens is 1. The van der Waals surface area contributed by atoms with Crippen LogP contribution in [-0.4, -0.2) is 25.0 Å². The van der Waals surface area contributed by atoms with Gasteiger partial charge in [-0.25, -0.2) is 23.1 Å². The predicted molar refractivity (Wildman–Crippen MR) is 106 cm³/mol. The molecule has 4 aromatic rings. The zero-order chi connectivity index (χ0) is 21.6. The van der Waals surface area contributed by atoms with Crippen molar-refractivity contribution in [3.63, 3.8) is 0 Å². The lowest BCUT2D eigenvalue weighted by Crippen LogP contribution is -2.39. The number of fused-ring (bicyclic) bond motifs is 1. The Hall–Kier alpha value is -3.79. The highest BCUT2D eigenvalue weighted by atomic mass is 35.5. The van der Waals surface area contributed by atoms with Gasteiger partial charge in [0.05, 0.1) is 5.56 Å². The summed E-state index contributed by atoms with van der Waals surface area (Å²) in [5.74, 6) is -2.67. The molecule has 0 atom stereocenters. The number of aromatic nitrogens is 4. The first kappa shape index (κ1) is 19.5. The zero-order valence-electron chi connectivity index (χ0n) is 15.0. The van der Waals surface area contributed by atoms with E-state index in [1.165, 1.54) is 10.6 Å². The quantitative estimate of drug-likeness (QED) is 0.513. The highest BCUT2D eigenvalue weighted by Gasteiger charge is 2.22. The number of primary amides is 1. The first-order valence-electron chi connectivity index (χ1n) is 8.51. The Bertz CT molecular complexity index is 1420.